The summed E-state index contributed by atoms with van der Waals surface area (Å²) in [5.41, 5.74) is 3.16. The molecule has 0 saturated heterocycles. The van der Waals surface area contributed by atoms with Gasteiger partial charge in [-0.1, -0.05) is 32.3 Å². The number of nitrogens with one attached hydrogen (secondary N) is 1. The van der Waals surface area contributed by atoms with Gasteiger partial charge in [-0.05, 0) is 60.6 Å². The highest BCUT2D eigenvalue weighted by molar-refractivity contribution is 5.44. The number of furan rings is 1. The largest absolute Gasteiger partial charge is 0.497 e. The molecule has 3 heteroatoms. The minimum atomic E-state index is 0.153. The van der Waals surface area contributed by atoms with Crippen LogP contribution in [-0.4, -0.2) is 13.2 Å². The van der Waals surface area contributed by atoms with E-state index in [0.717, 1.165) is 18.1 Å². The number of methoxy groups -OCH3 is 1. The van der Waals surface area contributed by atoms with E-state index < -0.39 is 0 Å². The zero-order valence-electron chi connectivity index (χ0n) is 15.4. The zero-order chi connectivity index (χ0) is 17.3. The average Bonchev–Trinajstić information content (AvgIpc) is 3.13. The van der Waals surface area contributed by atoms with Gasteiger partial charge in [-0.2, -0.15) is 0 Å². The maximum atomic E-state index is 5.56. The van der Waals surface area contributed by atoms with E-state index in [0.29, 0.717) is 12.0 Å². The third-order valence-electron chi connectivity index (χ3n) is 6.42. The van der Waals surface area contributed by atoms with Gasteiger partial charge < -0.3 is 14.5 Å². The summed E-state index contributed by atoms with van der Waals surface area (Å²) >= 11 is 0. The highest BCUT2D eigenvalue weighted by Crippen LogP contribution is 2.47. The Morgan fingerprint density at radius 3 is 2.96 bits per heavy atom. The van der Waals surface area contributed by atoms with Crippen LogP contribution in [0.1, 0.15) is 55.9 Å². The van der Waals surface area contributed by atoms with Gasteiger partial charge in [0.1, 0.15) is 11.5 Å². The molecule has 0 amide bonds. The molecule has 134 valence electrons. The molecule has 4 rings (SSSR count). The van der Waals surface area contributed by atoms with Crippen molar-refractivity contribution in [2.45, 2.75) is 63.5 Å². The maximum Gasteiger partial charge on any atom is 0.119 e. The van der Waals surface area contributed by atoms with E-state index in [4.69, 9.17) is 9.15 Å². The molecule has 0 aliphatic heterocycles. The van der Waals surface area contributed by atoms with Crippen molar-refractivity contribution >= 4 is 0 Å². The molecule has 0 radical (unpaired) electrons. The van der Waals surface area contributed by atoms with Crippen LogP contribution in [0.5, 0.6) is 5.75 Å². The molecule has 3 unspecified atom stereocenters. The lowest BCUT2D eigenvalue weighted by Gasteiger charge is -2.49. The van der Waals surface area contributed by atoms with E-state index in [2.05, 4.69) is 36.5 Å². The molecular weight excluding hydrogens is 310 g/mol. The Morgan fingerprint density at radius 1 is 1.24 bits per heavy atom. The molecule has 25 heavy (non-hydrogen) atoms. The lowest BCUT2D eigenvalue weighted by atomic mass is 9.59. The van der Waals surface area contributed by atoms with Gasteiger partial charge >= 0.3 is 0 Å². The van der Waals surface area contributed by atoms with E-state index in [1.807, 2.05) is 6.07 Å². The van der Waals surface area contributed by atoms with Crippen LogP contribution in [0.4, 0.5) is 0 Å². The van der Waals surface area contributed by atoms with Crippen molar-refractivity contribution in [1.82, 2.24) is 5.32 Å². The lowest BCUT2D eigenvalue weighted by molar-refractivity contribution is 0.162. The van der Waals surface area contributed by atoms with Crippen molar-refractivity contribution in [2.24, 2.45) is 5.92 Å². The van der Waals surface area contributed by atoms with Crippen molar-refractivity contribution in [3.63, 3.8) is 0 Å². The van der Waals surface area contributed by atoms with Crippen molar-refractivity contribution in [3.05, 3.63) is 53.5 Å². The normalized spacial score (nSPS) is 28.7. The third-order valence-corrected chi connectivity index (χ3v) is 6.42. The standard InChI is InChI=1S/C22H29NO2/c1-22-11-5-3-4-7-17(21(22)23-15-19-8-6-12-25-19)13-16-9-10-18(24-2)14-20(16)22/h6,8-10,12,14,17,21,23H,3-5,7,11,13,15H2,1-2H3. The van der Waals surface area contributed by atoms with Crippen LogP contribution in [0.15, 0.2) is 41.0 Å². The highest BCUT2D eigenvalue weighted by Gasteiger charge is 2.45. The number of hydrogen-bond acceptors (Lipinski definition) is 3. The highest BCUT2D eigenvalue weighted by atomic mass is 16.5. The number of hydrogen-bond donors (Lipinski definition) is 1. The summed E-state index contributed by atoms with van der Waals surface area (Å²) in [6.07, 6.45) is 9.50. The monoisotopic (exact) mass is 339 g/mol. The zero-order valence-corrected chi connectivity index (χ0v) is 15.4. The molecule has 2 aliphatic carbocycles. The van der Waals surface area contributed by atoms with Gasteiger partial charge in [-0.25, -0.2) is 0 Å². The Morgan fingerprint density at radius 2 is 2.16 bits per heavy atom. The third kappa shape index (κ3) is 3.10. The first-order valence-electron chi connectivity index (χ1n) is 9.64. The Bertz CT molecular complexity index is 709. The molecule has 1 N–H and O–H groups in total. The minimum Gasteiger partial charge on any atom is -0.497 e. The van der Waals surface area contributed by atoms with Crippen LogP contribution in [0, 0.1) is 5.92 Å². The summed E-state index contributed by atoms with van der Waals surface area (Å²) in [5, 5.41) is 3.88. The van der Waals surface area contributed by atoms with E-state index in [1.165, 1.54) is 49.7 Å². The summed E-state index contributed by atoms with van der Waals surface area (Å²) < 4.78 is 11.1. The minimum absolute atomic E-state index is 0.153. The molecule has 1 aromatic heterocycles. The van der Waals surface area contributed by atoms with Crippen LogP contribution in [0.25, 0.3) is 0 Å². The molecular formula is C22H29NO2. The Balaban J connectivity index is 1.70. The van der Waals surface area contributed by atoms with Crippen molar-refractivity contribution in [2.75, 3.05) is 7.11 Å². The van der Waals surface area contributed by atoms with E-state index in [-0.39, 0.29) is 5.41 Å². The van der Waals surface area contributed by atoms with Crippen molar-refractivity contribution < 1.29 is 9.15 Å². The van der Waals surface area contributed by atoms with Crippen LogP contribution < -0.4 is 10.1 Å². The number of ether oxygens (including phenoxy) is 1. The fourth-order valence-corrected chi connectivity index (χ4v) is 5.13. The smallest absolute Gasteiger partial charge is 0.119 e. The van der Waals surface area contributed by atoms with Gasteiger partial charge in [0.2, 0.25) is 0 Å². The second-order valence-electron chi connectivity index (χ2n) is 7.94. The predicted molar refractivity (Wildman–Crippen MR) is 100.0 cm³/mol. The molecule has 3 nitrogen and oxygen atoms in total. The fourth-order valence-electron chi connectivity index (χ4n) is 5.13. The van der Waals surface area contributed by atoms with Crippen LogP contribution in [-0.2, 0) is 18.4 Å². The first-order chi connectivity index (χ1) is 12.2. The van der Waals surface area contributed by atoms with Gasteiger partial charge in [-0.3, -0.25) is 0 Å². The van der Waals surface area contributed by atoms with E-state index in [1.54, 1.807) is 13.4 Å². The molecule has 0 spiro atoms. The van der Waals surface area contributed by atoms with E-state index >= 15 is 0 Å². The second-order valence-corrected chi connectivity index (χ2v) is 7.94. The molecule has 1 saturated carbocycles. The maximum absolute atomic E-state index is 5.56. The van der Waals surface area contributed by atoms with Crippen LogP contribution >= 0.6 is 0 Å². The predicted octanol–water partition coefficient (Wildman–Crippen LogP) is 4.84. The van der Waals surface area contributed by atoms with Gasteiger partial charge in [0.15, 0.2) is 0 Å². The number of benzene rings is 1. The average molecular weight is 339 g/mol. The molecule has 2 aliphatic rings. The summed E-state index contributed by atoms with van der Waals surface area (Å²) in [7, 11) is 1.76. The number of fused-ring (bicyclic) bond motifs is 4. The second kappa shape index (κ2) is 6.87. The Hall–Kier alpha value is -1.74. The molecule has 3 atom stereocenters. The first kappa shape index (κ1) is 16.7. The topological polar surface area (TPSA) is 34.4 Å². The van der Waals surface area contributed by atoms with Crippen molar-refractivity contribution in [3.8, 4) is 5.75 Å². The molecule has 1 aromatic carbocycles. The van der Waals surface area contributed by atoms with Crippen LogP contribution in [0.3, 0.4) is 0 Å². The SMILES string of the molecule is COc1ccc2c(c1)C1(C)CCCCCC(C2)C1NCc1ccco1. The van der Waals surface area contributed by atoms with Crippen LogP contribution in [0.2, 0.25) is 0 Å². The summed E-state index contributed by atoms with van der Waals surface area (Å²) in [5.74, 6) is 2.70. The van der Waals surface area contributed by atoms with Gasteiger partial charge in [0.25, 0.3) is 0 Å². The Kier molecular flexibility index (Phi) is 4.60. The van der Waals surface area contributed by atoms with E-state index in [9.17, 15) is 0 Å². The fraction of sp³-hybridized carbons (Fsp3) is 0.545. The van der Waals surface area contributed by atoms with Crippen molar-refractivity contribution in [1.29, 1.82) is 0 Å². The number of rotatable bonds is 4. The van der Waals surface area contributed by atoms with Gasteiger partial charge in [0.05, 0.1) is 19.9 Å². The molecule has 1 heterocycles. The summed E-state index contributed by atoms with van der Waals surface area (Å²) in [4.78, 5) is 0. The van der Waals surface area contributed by atoms with Gasteiger partial charge in [0, 0.05) is 11.5 Å². The first-order valence-corrected chi connectivity index (χ1v) is 9.64. The summed E-state index contributed by atoms with van der Waals surface area (Å²) in [6.45, 7) is 3.27. The summed E-state index contributed by atoms with van der Waals surface area (Å²) in [6, 6.07) is 11.2. The molecule has 2 bridgehead atoms. The molecule has 2 aromatic rings. The van der Waals surface area contributed by atoms with Gasteiger partial charge in [-0.15, -0.1) is 0 Å². The molecule has 1 fully saturated rings. The Labute approximate surface area is 150 Å². The lowest BCUT2D eigenvalue weighted by Crippen LogP contribution is -2.55. The quantitative estimate of drug-likeness (QED) is 0.865.